The Kier molecular flexibility index (Phi) is 4.22. The van der Waals surface area contributed by atoms with Crippen molar-refractivity contribution in [2.75, 3.05) is 13.2 Å². The molecule has 1 aromatic carbocycles. The lowest BCUT2D eigenvalue weighted by molar-refractivity contribution is -0.143. The summed E-state index contributed by atoms with van der Waals surface area (Å²) in [6, 6.07) is 1.80. The zero-order valence-electron chi connectivity index (χ0n) is 12.8. The first-order chi connectivity index (χ1) is 10.6. The highest BCUT2D eigenvalue weighted by Gasteiger charge is 2.45. The second kappa shape index (κ2) is 5.99. The lowest BCUT2D eigenvalue weighted by Gasteiger charge is -2.29. The summed E-state index contributed by atoms with van der Waals surface area (Å²) in [6.45, 7) is 3.16. The zero-order chi connectivity index (χ0) is 15.7. The van der Waals surface area contributed by atoms with Crippen molar-refractivity contribution in [2.24, 2.45) is 0 Å². The van der Waals surface area contributed by atoms with Gasteiger partial charge in [0.1, 0.15) is 0 Å². The third-order valence-electron chi connectivity index (χ3n) is 4.81. The van der Waals surface area contributed by atoms with Gasteiger partial charge in [0.15, 0.2) is 11.5 Å². The van der Waals surface area contributed by atoms with Crippen molar-refractivity contribution in [2.45, 2.75) is 50.9 Å². The first-order valence-electron chi connectivity index (χ1n) is 7.95. The minimum Gasteiger partial charge on any atom is -0.489 e. The molecule has 0 atom stereocenters. The molecule has 1 fully saturated rings. The van der Waals surface area contributed by atoms with E-state index in [9.17, 15) is 9.90 Å². The molecule has 0 amide bonds. The van der Waals surface area contributed by atoms with E-state index in [1.807, 2.05) is 6.92 Å². The highest BCUT2D eigenvalue weighted by Crippen LogP contribution is 2.50. The summed E-state index contributed by atoms with van der Waals surface area (Å²) in [5, 5.41) is 10.3. The fourth-order valence-electron chi connectivity index (χ4n) is 3.70. The Hall–Kier alpha value is -1.42. The van der Waals surface area contributed by atoms with Gasteiger partial charge in [-0.1, -0.05) is 31.4 Å². The lowest BCUT2D eigenvalue weighted by atomic mass is 9.76. The molecule has 1 aliphatic heterocycles. The van der Waals surface area contributed by atoms with Crippen LogP contribution in [0.25, 0.3) is 0 Å². The Morgan fingerprint density at radius 1 is 1.23 bits per heavy atom. The normalized spacial score (nSPS) is 19.7. The molecule has 0 spiro atoms. The number of halogens is 1. The van der Waals surface area contributed by atoms with Gasteiger partial charge in [-0.15, -0.1) is 0 Å². The quantitative estimate of drug-likeness (QED) is 0.914. The summed E-state index contributed by atoms with van der Waals surface area (Å²) in [5.41, 5.74) is 0.916. The molecular weight excluding hydrogens is 304 g/mol. The third kappa shape index (κ3) is 2.34. The highest BCUT2D eigenvalue weighted by molar-refractivity contribution is 6.32. The Labute approximate surface area is 135 Å². The maximum Gasteiger partial charge on any atom is 0.314 e. The largest absolute Gasteiger partial charge is 0.489 e. The summed E-state index contributed by atoms with van der Waals surface area (Å²) in [4.78, 5) is 12.0. The standard InChI is InChI=1S/C17H21ClO4/c1-2-11-12(17(16(19)20)6-3-4-7-17)10-13(18)15-14(11)21-8-5-9-22-15/h10H,2-9H2,1H3,(H,19,20). The second-order valence-corrected chi connectivity index (χ2v) is 6.45. The Morgan fingerprint density at radius 3 is 2.45 bits per heavy atom. The average molecular weight is 325 g/mol. The molecule has 1 aromatic rings. The molecule has 1 N–H and O–H groups in total. The molecule has 1 aliphatic carbocycles. The van der Waals surface area contributed by atoms with Crippen molar-refractivity contribution in [3.63, 3.8) is 0 Å². The fourth-order valence-corrected chi connectivity index (χ4v) is 3.95. The smallest absolute Gasteiger partial charge is 0.314 e. The van der Waals surface area contributed by atoms with Crippen molar-refractivity contribution in [1.82, 2.24) is 0 Å². The van der Waals surface area contributed by atoms with Crippen LogP contribution in [-0.4, -0.2) is 24.3 Å². The summed E-state index contributed by atoms with van der Waals surface area (Å²) in [6.07, 6.45) is 4.68. The topological polar surface area (TPSA) is 55.8 Å². The molecule has 2 aliphatic rings. The van der Waals surface area contributed by atoms with Gasteiger partial charge in [-0.25, -0.2) is 0 Å². The molecule has 1 saturated carbocycles. The van der Waals surface area contributed by atoms with Crippen molar-refractivity contribution in [1.29, 1.82) is 0 Å². The first-order valence-corrected chi connectivity index (χ1v) is 8.33. The van der Waals surface area contributed by atoms with Crippen LogP contribution in [0.3, 0.4) is 0 Å². The van der Waals surface area contributed by atoms with Crippen LogP contribution in [0.1, 0.15) is 50.2 Å². The molecule has 3 rings (SSSR count). The molecule has 120 valence electrons. The summed E-state index contributed by atoms with van der Waals surface area (Å²) < 4.78 is 11.6. The first kappa shape index (κ1) is 15.5. The number of carboxylic acid groups (broad SMARTS) is 1. The van der Waals surface area contributed by atoms with E-state index in [-0.39, 0.29) is 0 Å². The Bertz CT molecular complexity index is 591. The van der Waals surface area contributed by atoms with Gasteiger partial charge in [0.2, 0.25) is 0 Å². The number of hydrogen-bond acceptors (Lipinski definition) is 3. The molecule has 0 aromatic heterocycles. The van der Waals surface area contributed by atoms with E-state index in [1.165, 1.54) is 0 Å². The predicted octanol–water partition coefficient (Wildman–Crippen LogP) is 3.96. The van der Waals surface area contributed by atoms with Gasteiger partial charge in [0, 0.05) is 12.0 Å². The van der Waals surface area contributed by atoms with Crippen LogP contribution in [0.5, 0.6) is 11.5 Å². The number of carbonyl (C=O) groups is 1. The van der Waals surface area contributed by atoms with Crippen molar-refractivity contribution < 1.29 is 19.4 Å². The number of hydrogen-bond donors (Lipinski definition) is 1. The van der Waals surface area contributed by atoms with Crippen LogP contribution in [0, 0.1) is 0 Å². The van der Waals surface area contributed by atoms with Gasteiger partial charge in [-0.2, -0.15) is 0 Å². The zero-order valence-corrected chi connectivity index (χ0v) is 13.5. The van der Waals surface area contributed by atoms with Gasteiger partial charge in [-0.3, -0.25) is 4.79 Å². The van der Waals surface area contributed by atoms with Gasteiger partial charge < -0.3 is 14.6 Å². The van der Waals surface area contributed by atoms with Gasteiger partial charge in [0.05, 0.1) is 23.7 Å². The maximum atomic E-state index is 12.0. The highest BCUT2D eigenvalue weighted by atomic mass is 35.5. The van der Waals surface area contributed by atoms with Crippen LogP contribution < -0.4 is 9.47 Å². The van der Waals surface area contributed by atoms with Crippen LogP contribution in [0.4, 0.5) is 0 Å². The van der Waals surface area contributed by atoms with Gasteiger partial charge in [-0.05, 0) is 30.9 Å². The summed E-state index contributed by atoms with van der Waals surface area (Å²) in [7, 11) is 0. The number of carboxylic acids is 1. The molecular formula is C17H21ClO4. The SMILES string of the molecule is CCc1c(C2(C(=O)O)CCCC2)cc(Cl)c2c1OCCCO2. The third-order valence-corrected chi connectivity index (χ3v) is 5.09. The molecule has 4 nitrogen and oxygen atoms in total. The number of benzene rings is 1. The van der Waals surface area contributed by atoms with E-state index in [0.717, 1.165) is 30.4 Å². The van der Waals surface area contributed by atoms with Crippen molar-refractivity contribution in [3.8, 4) is 11.5 Å². The fraction of sp³-hybridized carbons (Fsp3) is 0.588. The van der Waals surface area contributed by atoms with Crippen LogP contribution >= 0.6 is 11.6 Å². The monoisotopic (exact) mass is 324 g/mol. The average Bonchev–Trinajstić information content (AvgIpc) is 2.87. The van der Waals surface area contributed by atoms with Gasteiger partial charge in [0.25, 0.3) is 0 Å². The van der Waals surface area contributed by atoms with E-state index in [1.54, 1.807) is 6.07 Å². The van der Waals surface area contributed by atoms with E-state index >= 15 is 0 Å². The number of aliphatic carboxylic acids is 1. The lowest BCUT2D eigenvalue weighted by Crippen LogP contribution is -2.34. The molecule has 0 saturated heterocycles. The Morgan fingerprint density at radius 2 is 1.86 bits per heavy atom. The minimum atomic E-state index is -0.834. The van der Waals surface area contributed by atoms with Gasteiger partial charge >= 0.3 is 5.97 Å². The van der Waals surface area contributed by atoms with Crippen molar-refractivity contribution in [3.05, 3.63) is 22.2 Å². The maximum absolute atomic E-state index is 12.0. The van der Waals surface area contributed by atoms with Crippen LogP contribution in [0.15, 0.2) is 6.07 Å². The summed E-state index contributed by atoms with van der Waals surface area (Å²) in [5.74, 6) is 0.457. The van der Waals surface area contributed by atoms with E-state index in [2.05, 4.69) is 0 Å². The minimum absolute atomic E-state index is 0.455. The van der Waals surface area contributed by atoms with Crippen LogP contribution in [-0.2, 0) is 16.6 Å². The number of ether oxygens (including phenoxy) is 2. The molecule has 22 heavy (non-hydrogen) atoms. The van der Waals surface area contributed by atoms with E-state index in [4.69, 9.17) is 21.1 Å². The summed E-state index contributed by atoms with van der Waals surface area (Å²) >= 11 is 6.40. The molecule has 0 radical (unpaired) electrons. The predicted molar refractivity (Wildman–Crippen MR) is 84.2 cm³/mol. The van der Waals surface area contributed by atoms with E-state index < -0.39 is 11.4 Å². The van der Waals surface area contributed by atoms with Crippen molar-refractivity contribution >= 4 is 17.6 Å². The molecule has 1 heterocycles. The molecule has 5 heteroatoms. The number of rotatable bonds is 3. The van der Waals surface area contributed by atoms with E-state index in [0.29, 0.717) is 49.0 Å². The Balaban J connectivity index is 2.22. The number of fused-ring (bicyclic) bond motifs is 1. The second-order valence-electron chi connectivity index (χ2n) is 6.04. The van der Waals surface area contributed by atoms with Crippen LogP contribution in [0.2, 0.25) is 5.02 Å². The molecule has 0 unspecified atom stereocenters. The molecule has 0 bridgehead atoms.